The normalized spacial score (nSPS) is 11.4. The van der Waals surface area contributed by atoms with Crippen LogP contribution in [0.4, 0.5) is 10.1 Å². The number of nitrogens with one attached hydrogen (secondary N) is 1. The van der Waals surface area contributed by atoms with Crippen molar-refractivity contribution in [2.45, 2.75) is 37.5 Å². The highest BCUT2D eigenvalue weighted by atomic mass is 32.2. The Labute approximate surface area is 180 Å². The molecule has 2 N–H and O–H groups in total. The van der Waals surface area contributed by atoms with Gasteiger partial charge in [-0.15, -0.1) is 0 Å². The molecule has 6 nitrogen and oxygen atoms in total. The minimum absolute atomic E-state index is 0.0163. The zero-order chi connectivity index (χ0) is 22.4. The van der Waals surface area contributed by atoms with Crippen molar-refractivity contribution >= 4 is 32.5 Å². The van der Waals surface area contributed by atoms with Crippen molar-refractivity contribution in [2.75, 3.05) is 11.3 Å². The van der Waals surface area contributed by atoms with E-state index < -0.39 is 27.4 Å². The molecule has 0 aromatic heterocycles. The van der Waals surface area contributed by atoms with Crippen LogP contribution in [0.3, 0.4) is 0 Å². The van der Waals surface area contributed by atoms with Crippen molar-refractivity contribution in [3.05, 3.63) is 66.0 Å². The summed E-state index contributed by atoms with van der Waals surface area (Å²) in [5.41, 5.74) is -0.656. The minimum atomic E-state index is -4.07. The van der Waals surface area contributed by atoms with Gasteiger partial charge in [0, 0.05) is 16.5 Å². The van der Waals surface area contributed by atoms with Gasteiger partial charge in [0.25, 0.3) is 10.0 Å². The van der Waals surface area contributed by atoms with Gasteiger partial charge < -0.3 is 9.84 Å². The molecule has 3 rings (SSSR count). The van der Waals surface area contributed by atoms with Crippen molar-refractivity contribution in [1.82, 2.24) is 0 Å². The van der Waals surface area contributed by atoms with Gasteiger partial charge in [0.1, 0.15) is 11.6 Å². The predicted octanol–water partition coefficient (Wildman–Crippen LogP) is 5.44. The van der Waals surface area contributed by atoms with Crippen LogP contribution in [0.15, 0.2) is 59.5 Å². The zero-order valence-electron chi connectivity index (χ0n) is 17.1. The van der Waals surface area contributed by atoms with E-state index in [0.717, 1.165) is 37.8 Å². The summed E-state index contributed by atoms with van der Waals surface area (Å²) in [5, 5.41) is 10.2. The van der Waals surface area contributed by atoms with Crippen molar-refractivity contribution in [3.63, 3.8) is 0 Å². The second-order valence-corrected chi connectivity index (χ2v) is 8.77. The highest BCUT2D eigenvalue weighted by Crippen LogP contribution is 2.32. The lowest BCUT2D eigenvalue weighted by molar-refractivity contribution is 0.0692. The maximum absolute atomic E-state index is 13.6. The Balaban J connectivity index is 1.91. The number of anilines is 1. The minimum Gasteiger partial charge on any atom is -0.493 e. The summed E-state index contributed by atoms with van der Waals surface area (Å²) in [6.07, 6.45) is 4.26. The van der Waals surface area contributed by atoms with Gasteiger partial charge in [-0.2, -0.15) is 0 Å². The molecule has 0 aliphatic carbocycles. The number of sulfonamides is 1. The molecule has 0 radical (unpaired) electrons. The fourth-order valence-electron chi connectivity index (χ4n) is 3.28. The average Bonchev–Trinajstić information content (AvgIpc) is 2.74. The number of halogens is 1. The number of carboxylic acids is 1. The highest BCUT2D eigenvalue weighted by molar-refractivity contribution is 7.93. The average molecular weight is 446 g/mol. The summed E-state index contributed by atoms with van der Waals surface area (Å²) in [4.78, 5) is 11.2. The van der Waals surface area contributed by atoms with Crippen molar-refractivity contribution in [2.24, 2.45) is 0 Å². The first-order valence-electron chi connectivity index (χ1n) is 10.0. The molecule has 31 heavy (non-hydrogen) atoms. The molecule has 0 saturated heterocycles. The largest absolute Gasteiger partial charge is 0.493 e. The molecule has 0 aliphatic rings. The van der Waals surface area contributed by atoms with Crippen LogP contribution in [0.25, 0.3) is 10.8 Å². The maximum atomic E-state index is 13.6. The van der Waals surface area contributed by atoms with Crippen LogP contribution < -0.4 is 9.46 Å². The van der Waals surface area contributed by atoms with Crippen molar-refractivity contribution in [1.29, 1.82) is 0 Å². The number of carboxylic acid groups (broad SMARTS) is 1. The van der Waals surface area contributed by atoms with Gasteiger partial charge in [-0.05, 0) is 36.8 Å². The standard InChI is InChI=1S/C23H24FNO5S/c1-2-3-4-7-14-30-21-12-13-22(18-9-6-5-8-17(18)21)31(28,29)25-16-10-11-20(24)19(15-16)23(26)27/h5-6,8-13,15,25H,2-4,7,14H2,1H3,(H,26,27). The number of fused-ring (bicyclic) bond motifs is 1. The molecule has 0 heterocycles. The van der Waals surface area contributed by atoms with Crippen LogP contribution in [-0.4, -0.2) is 26.1 Å². The fraction of sp³-hybridized carbons (Fsp3) is 0.261. The first-order chi connectivity index (χ1) is 14.8. The Bertz CT molecular complexity index is 1190. The van der Waals surface area contributed by atoms with Crippen LogP contribution in [0.5, 0.6) is 5.75 Å². The van der Waals surface area contributed by atoms with Crippen LogP contribution in [0, 0.1) is 5.82 Å². The van der Waals surface area contributed by atoms with Crippen molar-refractivity contribution in [3.8, 4) is 5.75 Å². The topological polar surface area (TPSA) is 92.7 Å². The lowest BCUT2D eigenvalue weighted by Crippen LogP contribution is -2.14. The molecule has 8 heteroatoms. The molecule has 3 aromatic carbocycles. The van der Waals surface area contributed by atoms with Gasteiger partial charge in [-0.1, -0.05) is 50.5 Å². The van der Waals surface area contributed by atoms with E-state index in [-0.39, 0.29) is 10.6 Å². The molecule has 0 bridgehead atoms. The Kier molecular flexibility index (Phi) is 7.12. The maximum Gasteiger partial charge on any atom is 0.338 e. The Morgan fingerprint density at radius 1 is 1.03 bits per heavy atom. The lowest BCUT2D eigenvalue weighted by Gasteiger charge is -2.14. The molecule has 0 saturated carbocycles. The van der Waals surface area contributed by atoms with Gasteiger partial charge in [0.15, 0.2) is 0 Å². The zero-order valence-corrected chi connectivity index (χ0v) is 17.9. The third-order valence-corrected chi connectivity index (χ3v) is 6.28. The van der Waals surface area contributed by atoms with Gasteiger partial charge in [0.2, 0.25) is 0 Å². The smallest absolute Gasteiger partial charge is 0.338 e. The SMILES string of the molecule is CCCCCCOc1ccc(S(=O)(=O)Nc2ccc(F)c(C(=O)O)c2)c2ccccc12. The first-order valence-corrected chi connectivity index (χ1v) is 11.5. The van der Waals surface area contributed by atoms with E-state index in [0.29, 0.717) is 23.1 Å². The first kappa shape index (κ1) is 22.6. The van der Waals surface area contributed by atoms with Crippen LogP contribution in [-0.2, 0) is 10.0 Å². The number of rotatable bonds is 10. The molecule has 0 aliphatic heterocycles. The molecule has 0 spiro atoms. The quantitative estimate of drug-likeness (QED) is 0.406. The van der Waals surface area contributed by atoms with Crippen LogP contribution in [0.2, 0.25) is 0 Å². The number of carbonyl (C=O) groups is 1. The summed E-state index contributed by atoms with van der Waals surface area (Å²) < 4.78 is 47.9. The van der Waals surface area contributed by atoms with Gasteiger partial charge in [-0.3, -0.25) is 4.72 Å². The highest BCUT2D eigenvalue weighted by Gasteiger charge is 2.20. The summed E-state index contributed by atoms with van der Waals surface area (Å²) in [6.45, 7) is 2.68. The summed E-state index contributed by atoms with van der Waals surface area (Å²) >= 11 is 0. The molecule has 164 valence electrons. The molecule has 0 unspecified atom stereocenters. The van der Waals surface area contributed by atoms with Gasteiger partial charge >= 0.3 is 5.97 Å². The van der Waals surface area contributed by atoms with Gasteiger partial charge in [0.05, 0.1) is 17.1 Å². The number of hydrogen-bond donors (Lipinski definition) is 2. The fourth-order valence-corrected chi connectivity index (χ4v) is 4.54. The number of ether oxygens (including phenoxy) is 1. The van der Waals surface area contributed by atoms with E-state index in [1.165, 1.54) is 12.1 Å². The summed E-state index contributed by atoms with van der Waals surface area (Å²) in [6, 6.07) is 13.1. The monoisotopic (exact) mass is 445 g/mol. The molecule has 0 amide bonds. The van der Waals surface area contributed by atoms with Gasteiger partial charge in [-0.25, -0.2) is 17.6 Å². The molecule has 3 aromatic rings. The number of benzene rings is 3. The Morgan fingerprint density at radius 2 is 1.77 bits per heavy atom. The molecule has 0 atom stereocenters. The summed E-state index contributed by atoms with van der Waals surface area (Å²) in [7, 11) is -4.07. The number of unbranched alkanes of at least 4 members (excludes halogenated alkanes) is 3. The van der Waals surface area contributed by atoms with E-state index in [4.69, 9.17) is 9.84 Å². The molecular weight excluding hydrogens is 421 g/mol. The molecular formula is C23H24FNO5S. The Hall–Kier alpha value is -3.13. The van der Waals surface area contributed by atoms with Crippen LogP contribution in [0.1, 0.15) is 43.0 Å². The lowest BCUT2D eigenvalue weighted by atomic mass is 10.1. The molecule has 0 fully saturated rings. The van der Waals surface area contributed by atoms with Crippen LogP contribution >= 0.6 is 0 Å². The number of aromatic carboxylic acids is 1. The number of hydrogen-bond acceptors (Lipinski definition) is 4. The van der Waals surface area contributed by atoms with E-state index in [1.54, 1.807) is 30.3 Å². The van der Waals surface area contributed by atoms with E-state index in [9.17, 15) is 17.6 Å². The van der Waals surface area contributed by atoms with E-state index in [2.05, 4.69) is 11.6 Å². The third-order valence-electron chi connectivity index (χ3n) is 4.84. The third kappa shape index (κ3) is 5.32. The van der Waals surface area contributed by atoms with E-state index in [1.807, 2.05) is 0 Å². The van der Waals surface area contributed by atoms with E-state index >= 15 is 0 Å². The Morgan fingerprint density at radius 3 is 2.48 bits per heavy atom. The summed E-state index contributed by atoms with van der Waals surface area (Å²) in [5.74, 6) is -1.83. The second kappa shape index (κ2) is 9.78. The second-order valence-electron chi connectivity index (χ2n) is 7.12. The van der Waals surface area contributed by atoms with Crippen molar-refractivity contribution < 1.29 is 27.4 Å². The predicted molar refractivity (Wildman–Crippen MR) is 118 cm³/mol.